The Balaban J connectivity index is 4.71. The molecule has 2 N–H and O–H groups in total. The largest absolute Gasteiger partial charge is 0.756 e. The first kappa shape index (κ1) is 48.7. The predicted octanol–water partition coefficient (Wildman–Crippen LogP) is 9.60. The van der Waals surface area contributed by atoms with Gasteiger partial charge in [0, 0.05) is 6.42 Å². The number of allylic oxidation sites excluding steroid dienone is 13. The van der Waals surface area contributed by atoms with Gasteiger partial charge in [0.15, 0.2) is 0 Å². The van der Waals surface area contributed by atoms with E-state index in [4.69, 9.17) is 9.05 Å². The number of hydrogen-bond donors (Lipinski definition) is 2. The van der Waals surface area contributed by atoms with E-state index in [2.05, 4.69) is 92.1 Å². The van der Waals surface area contributed by atoms with E-state index in [1.807, 2.05) is 27.2 Å². The molecule has 0 radical (unpaired) electrons. The lowest BCUT2D eigenvalue weighted by atomic mass is 10.1. The number of rotatable bonds is 33. The fraction of sp³-hybridized carbons (Fsp3) is 0.643. The van der Waals surface area contributed by atoms with Crippen LogP contribution in [-0.2, 0) is 18.4 Å². The van der Waals surface area contributed by atoms with E-state index in [1.165, 1.54) is 25.7 Å². The Morgan fingerprint density at radius 1 is 0.706 bits per heavy atom. The Hall–Kier alpha value is -2.32. The summed E-state index contributed by atoms with van der Waals surface area (Å²) in [5.41, 5.74) is 0. The number of nitrogens with one attached hydrogen (secondary N) is 1. The smallest absolute Gasteiger partial charge is 0.268 e. The molecule has 0 saturated carbocycles. The predicted molar refractivity (Wildman–Crippen MR) is 214 cm³/mol. The van der Waals surface area contributed by atoms with Crippen LogP contribution in [0, 0.1) is 0 Å². The van der Waals surface area contributed by atoms with Crippen molar-refractivity contribution in [2.24, 2.45) is 0 Å². The zero-order chi connectivity index (χ0) is 37.9. The Morgan fingerprint density at radius 2 is 1.22 bits per heavy atom. The molecule has 0 aromatic heterocycles. The molecule has 9 heteroatoms. The number of phosphoric acid groups is 1. The van der Waals surface area contributed by atoms with Gasteiger partial charge in [0.05, 0.1) is 39.9 Å². The summed E-state index contributed by atoms with van der Waals surface area (Å²) in [6.45, 7) is 4.40. The molecule has 292 valence electrons. The number of phosphoric ester groups is 1. The molecule has 0 aromatic carbocycles. The summed E-state index contributed by atoms with van der Waals surface area (Å²) >= 11 is 0. The van der Waals surface area contributed by atoms with Crippen molar-refractivity contribution in [3.8, 4) is 0 Å². The minimum absolute atomic E-state index is 0.0219. The van der Waals surface area contributed by atoms with Crippen molar-refractivity contribution in [3.63, 3.8) is 0 Å². The lowest BCUT2D eigenvalue weighted by molar-refractivity contribution is -0.870. The maximum Gasteiger partial charge on any atom is 0.268 e. The van der Waals surface area contributed by atoms with Crippen LogP contribution in [0.2, 0.25) is 0 Å². The Morgan fingerprint density at radius 3 is 1.78 bits per heavy atom. The number of carbonyl (C=O) groups is 1. The van der Waals surface area contributed by atoms with E-state index in [1.54, 1.807) is 6.08 Å². The van der Waals surface area contributed by atoms with E-state index in [0.29, 0.717) is 23.9 Å². The maximum absolute atomic E-state index is 12.8. The molecule has 51 heavy (non-hydrogen) atoms. The lowest BCUT2D eigenvalue weighted by Crippen LogP contribution is -2.45. The zero-order valence-corrected chi connectivity index (χ0v) is 33.7. The number of likely N-dealkylation sites (N-methyl/N-ethyl adjacent to an activating group) is 1. The minimum Gasteiger partial charge on any atom is -0.756 e. The van der Waals surface area contributed by atoms with E-state index >= 15 is 0 Å². The quantitative estimate of drug-likeness (QED) is 0.0301. The number of aliphatic hydroxyl groups excluding tert-OH is 1. The van der Waals surface area contributed by atoms with Gasteiger partial charge in [-0.3, -0.25) is 9.36 Å². The molecule has 0 spiro atoms. The van der Waals surface area contributed by atoms with Crippen LogP contribution in [0.25, 0.3) is 0 Å². The second-order valence-corrected chi connectivity index (χ2v) is 15.3. The monoisotopic (exact) mass is 733 g/mol. The molecule has 1 amide bonds. The van der Waals surface area contributed by atoms with Gasteiger partial charge in [-0.2, -0.15) is 0 Å². The minimum atomic E-state index is -4.61. The Kier molecular flexibility index (Phi) is 32.0. The SMILES string of the molecule is CC/C=C\C/C=C\C/C=C\C/C=C\CCCCC(=O)NC(COP(=O)([O-])OCC[N+](C)(C)C)C(O)/C=C/CC/C=C/CC/C=C/CCCCCC. The van der Waals surface area contributed by atoms with Crippen molar-refractivity contribution >= 4 is 13.7 Å². The second-order valence-electron chi connectivity index (χ2n) is 13.9. The number of carbonyl (C=O) groups excluding carboxylic acids is 1. The van der Waals surface area contributed by atoms with Gasteiger partial charge in [0.1, 0.15) is 13.2 Å². The van der Waals surface area contributed by atoms with Crippen molar-refractivity contribution in [1.82, 2.24) is 5.32 Å². The van der Waals surface area contributed by atoms with Gasteiger partial charge >= 0.3 is 0 Å². The van der Waals surface area contributed by atoms with Gasteiger partial charge in [-0.05, 0) is 83.5 Å². The summed E-state index contributed by atoms with van der Waals surface area (Å²) < 4.78 is 23.0. The van der Waals surface area contributed by atoms with Gasteiger partial charge in [-0.25, -0.2) is 0 Å². The third-order valence-electron chi connectivity index (χ3n) is 7.82. The van der Waals surface area contributed by atoms with E-state index in [0.717, 1.165) is 64.2 Å². The Labute approximate surface area is 312 Å². The highest BCUT2D eigenvalue weighted by Crippen LogP contribution is 2.38. The fourth-order valence-electron chi connectivity index (χ4n) is 4.70. The highest BCUT2D eigenvalue weighted by molar-refractivity contribution is 7.45. The highest BCUT2D eigenvalue weighted by Gasteiger charge is 2.23. The molecule has 3 unspecified atom stereocenters. The van der Waals surface area contributed by atoms with Crippen molar-refractivity contribution < 1.29 is 32.9 Å². The summed E-state index contributed by atoms with van der Waals surface area (Å²) in [6, 6.07) is -0.934. The number of nitrogens with zero attached hydrogens (tertiary/aromatic N) is 1. The molecule has 0 aliphatic rings. The van der Waals surface area contributed by atoms with Gasteiger partial charge in [0.25, 0.3) is 7.82 Å². The highest BCUT2D eigenvalue weighted by atomic mass is 31.2. The third-order valence-corrected chi connectivity index (χ3v) is 8.78. The first-order chi connectivity index (χ1) is 24.5. The van der Waals surface area contributed by atoms with E-state index in [9.17, 15) is 19.4 Å². The van der Waals surface area contributed by atoms with Crippen LogP contribution < -0.4 is 10.2 Å². The standard InChI is InChI=1S/C42H73N2O6P/c1-6-8-10-12-14-16-18-20-22-24-26-28-30-32-34-36-42(46)43-40(39-50-51(47,48)49-38-37-44(3,4)5)41(45)35-33-31-29-27-25-23-21-19-17-15-13-11-9-7-2/h8,10,14,16-17,19-20,22,25-28,33,35,40-41,45H,6-7,9,11-13,15,18,21,23-24,29-32,34,36-39H2,1-5H3,(H-,43,46,47,48)/b10-8-,16-14-,19-17+,22-20-,27-25+,28-26-,35-33+. The molecule has 0 aliphatic carbocycles. The normalized spacial score (nSPS) is 15.5. The molecule has 0 heterocycles. The molecule has 0 aliphatic heterocycles. The van der Waals surface area contributed by atoms with E-state index in [-0.39, 0.29) is 18.9 Å². The van der Waals surface area contributed by atoms with Crippen LogP contribution in [0.1, 0.15) is 123 Å². The van der Waals surface area contributed by atoms with Crippen LogP contribution in [0.3, 0.4) is 0 Å². The number of aliphatic hydroxyl groups is 1. The summed E-state index contributed by atoms with van der Waals surface area (Å²) in [6.07, 6.45) is 44.9. The molecule has 3 atom stereocenters. The second kappa shape index (κ2) is 33.5. The first-order valence-corrected chi connectivity index (χ1v) is 20.9. The number of hydrogen-bond acceptors (Lipinski definition) is 6. The third kappa shape index (κ3) is 35.9. The lowest BCUT2D eigenvalue weighted by Gasteiger charge is -2.29. The van der Waals surface area contributed by atoms with Crippen LogP contribution in [0.15, 0.2) is 85.1 Å². The summed E-state index contributed by atoms with van der Waals surface area (Å²) in [5.74, 6) is -0.258. The molecule has 0 aromatic rings. The zero-order valence-electron chi connectivity index (χ0n) is 32.8. The molecule has 0 saturated heterocycles. The maximum atomic E-state index is 12.8. The molecule has 8 nitrogen and oxygen atoms in total. The number of amides is 1. The average molecular weight is 733 g/mol. The first-order valence-electron chi connectivity index (χ1n) is 19.4. The fourth-order valence-corrected chi connectivity index (χ4v) is 5.42. The molecule has 0 fully saturated rings. The Bertz CT molecular complexity index is 1100. The topological polar surface area (TPSA) is 108 Å². The van der Waals surface area contributed by atoms with Crippen LogP contribution >= 0.6 is 7.82 Å². The van der Waals surface area contributed by atoms with Crippen molar-refractivity contribution in [2.45, 2.75) is 135 Å². The molecular formula is C42H73N2O6P. The summed E-state index contributed by atoms with van der Waals surface area (Å²) in [4.78, 5) is 25.2. The van der Waals surface area contributed by atoms with Crippen LogP contribution in [-0.4, -0.2) is 68.5 Å². The van der Waals surface area contributed by atoms with E-state index < -0.39 is 26.6 Å². The van der Waals surface area contributed by atoms with Crippen LogP contribution in [0.5, 0.6) is 0 Å². The van der Waals surface area contributed by atoms with Crippen molar-refractivity contribution in [1.29, 1.82) is 0 Å². The van der Waals surface area contributed by atoms with Crippen molar-refractivity contribution in [3.05, 3.63) is 85.1 Å². The van der Waals surface area contributed by atoms with Gasteiger partial charge in [-0.15, -0.1) is 0 Å². The van der Waals surface area contributed by atoms with Crippen LogP contribution in [0.4, 0.5) is 0 Å². The summed E-state index contributed by atoms with van der Waals surface area (Å²) in [5, 5.41) is 13.6. The summed E-state index contributed by atoms with van der Waals surface area (Å²) in [7, 11) is 1.19. The molecular weight excluding hydrogens is 659 g/mol. The van der Waals surface area contributed by atoms with Crippen molar-refractivity contribution in [2.75, 3.05) is 40.9 Å². The number of unbranched alkanes of at least 4 members (excludes halogenated alkanes) is 8. The number of quaternary nitrogens is 1. The molecule has 0 rings (SSSR count). The van der Waals surface area contributed by atoms with Gasteiger partial charge in [0.2, 0.25) is 5.91 Å². The van der Waals surface area contributed by atoms with Gasteiger partial charge in [-0.1, -0.05) is 118 Å². The van der Waals surface area contributed by atoms with Gasteiger partial charge < -0.3 is 28.8 Å². The molecule has 0 bridgehead atoms. The average Bonchev–Trinajstić information content (AvgIpc) is 3.07.